The molecule has 1 saturated carbocycles. The van der Waals surface area contributed by atoms with Crippen molar-refractivity contribution in [3.63, 3.8) is 0 Å². The minimum Gasteiger partial charge on any atom is -0.328 e. The Kier molecular flexibility index (Phi) is 6.37. The monoisotopic (exact) mass is 226 g/mol. The quantitative estimate of drug-likeness (QED) is 0.723. The van der Waals surface area contributed by atoms with Gasteiger partial charge in [-0.05, 0) is 51.5 Å². The SMILES string of the molecule is CCCCN(CC1CCC(N)C1)C(C)CC. The minimum atomic E-state index is 0.481. The topological polar surface area (TPSA) is 29.3 Å². The van der Waals surface area contributed by atoms with Crippen LogP contribution in [0.25, 0.3) is 0 Å². The fraction of sp³-hybridized carbons (Fsp3) is 1.00. The van der Waals surface area contributed by atoms with Gasteiger partial charge in [0.1, 0.15) is 0 Å². The predicted molar refractivity (Wildman–Crippen MR) is 71.6 cm³/mol. The Hall–Kier alpha value is -0.0800. The Balaban J connectivity index is 2.36. The maximum Gasteiger partial charge on any atom is 0.00644 e. The normalized spacial score (nSPS) is 27.6. The second-order valence-electron chi connectivity index (χ2n) is 5.54. The van der Waals surface area contributed by atoms with Crippen LogP contribution in [0, 0.1) is 5.92 Å². The van der Waals surface area contributed by atoms with E-state index in [9.17, 15) is 0 Å². The van der Waals surface area contributed by atoms with Gasteiger partial charge in [-0.25, -0.2) is 0 Å². The molecule has 0 aromatic rings. The van der Waals surface area contributed by atoms with Gasteiger partial charge in [0.25, 0.3) is 0 Å². The Labute approximate surface area is 102 Å². The number of unbranched alkanes of at least 4 members (excludes halogenated alkanes) is 1. The second kappa shape index (κ2) is 7.29. The molecule has 0 saturated heterocycles. The minimum absolute atomic E-state index is 0.481. The molecule has 96 valence electrons. The number of nitrogens with two attached hydrogens (primary N) is 1. The lowest BCUT2D eigenvalue weighted by Crippen LogP contribution is -2.37. The Morgan fingerprint density at radius 2 is 2.06 bits per heavy atom. The van der Waals surface area contributed by atoms with Gasteiger partial charge in [-0.15, -0.1) is 0 Å². The summed E-state index contributed by atoms with van der Waals surface area (Å²) in [6.07, 6.45) is 7.74. The number of rotatable bonds is 7. The number of nitrogens with zero attached hydrogens (tertiary/aromatic N) is 1. The third-order valence-corrected chi connectivity index (χ3v) is 4.09. The van der Waals surface area contributed by atoms with Crippen LogP contribution >= 0.6 is 0 Å². The first-order valence-corrected chi connectivity index (χ1v) is 7.17. The maximum absolute atomic E-state index is 5.99. The molecule has 0 bridgehead atoms. The smallest absolute Gasteiger partial charge is 0.00644 e. The molecular formula is C14H30N2. The van der Waals surface area contributed by atoms with Crippen LogP contribution in [0.5, 0.6) is 0 Å². The van der Waals surface area contributed by atoms with Crippen molar-refractivity contribution in [3.05, 3.63) is 0 Å². The number of hydrogen-bond donors (Lipinski definition) is 1. The van der Waals surface area contributed by atoms with Crippen molar-refractivity contribution in [1.82, 2.24) is 4.90 Å². The highest BCUT2D eigenvalue weighted by atomic mass is 15.1. The summed E-state index contributed by atoms with van der Waals surface area (Å²) in [5, 5.41) is 0. The van der Waals surface area contributed by atoms with Crippen molar-refractivity contribution in [3.8, 4) is 0 Å². The first-order valence-electron chi connectivity index (χ1n) is 7.17. The number of hydrogen-bond acceptors (Lipinski definition) is 2. The summed E-state index contributed by atoms with van der Waals surface area (Å²) in [6, 6.07) is 1.22. The van der Waals surface area contributed by atoms with Crippen LogP contribution in [0.2, 0.25) is 0 Å². The molecule has 1 aliphatic rings. The Morgan fingerprint density at radius 3 is 2.56 bits per heavy atom. The molecule has 0 amide bonds. The van der Waals surface area contributed by atoms with E-state index in [1.165, 1.54) is 51.6 Å². The van der Waals surface area contributed by atoms with Crippen molar-refractivity contribution >= 4 is 0 Å². The van der Waals surface area contributed by atoms with Crippen molar-refractivity contribution in [2.24, 2.45) is 11.7 Å². The van der Waals surface area contributed by atoms with Crippen LogP contribution in [-0.4, -0.2) is 30.1 Å². The van der Waals surface area contributed by atoms with E-state index in [1.54, 1.807) is 0 Å². The van der Waals surface area contributed by atoms with E-state index in [2.05, 4.69) is 25.7 Å². The molecule has 2 heteroatoms. The van der Waals surface area contributed by atoms with Gasteiger partial charge in [0, 0.05) is 18.6 Å². The van der Waals surface area contributed by atoms with E-state index >= 15 is 0 Å². The Bertz CT molecular complexity index is 182. The molecule has 2 nitrogen and oxygen atoms in total. The molecule has 0 aliphatic heterocycles. The van der Waals surface area contributed by atoms with Gasteiger partial charge in [0.05, 0.1) is 0 Å². The summed E-state index contributed by atoms with van der Waals surface area (Å²) < 4.78 is 0. The maximum atomic E-state index is 5.99. The van der Waals surface area contributed by atoms with Crippen molar-refractivity contribution in [2.45, 2.75) is 71.4 Å². The first-order chi connectivity index (χ1) is 7.67. The van der Waals surface area contributed by atoms with Gasteiger partial charge in [-0.3, -0.25) is 0 Å². The Morgan fingerprint density at radius 1 is 1.31 bits per heavy atom. The molecule has 1 rings (SSSR count). The summed E-state index contributed by atoms with van der Waals surface area (Å²) in [5.41, 5.74) is 5.99. The summed E-state index contributed by atoms with van der Waals surface area (Å²) in [4.78, 5) is 2.69. The molecule has 2 N–H and O–H groups in total. The lowest BCUT2D eigenvalue weighted by atomic mass is 10.1. The highest BCUT2D eigenvalue weighted by Crippen LogP contribution is 2.26. The highest BCUT2D eigenvalue weighted by molar-refractivity contribution is 4.81. The van der Waals surface area contributed by atoms with E-state index in [-0.39, 0.29) is 0 Å². The van der Waals surface area contributed by atoms with Crippen molar-refractivity contribution < 1.29 is 0 Å². The van der Waals surface area contributed by atoms with E-state index < -0.39 is 0 Å². The first kappa shape index (κ1) is 14.0. The molecule has 3 atom stereocenters. The van der Waals surface area contributed by atoms with Crippen LogP contribution < -0.4 is 5.73 Å². The summed E-state index contributed by atoms with van der Waals surface area (Å²) in [7, 11) is 0. The third-order valence-electron chi connectivity index (χ3n) is 4.09. The molecule has 1 fully saturated rings. The summed E-state index contributed by atoms with van der Waals surface area (Å²) >= 11 is 0. The summed E-state index contributed by atoms with van der Waals surface area (Å²) in [6.45, 7) is 9.49. The average molecular weight is 226 g/mol. The van der Waals surface area contributed by atoms with Gasteiger partial charge in [0.2, 0.25) is 0 Å². The highest BCUT2D eigenvalue weighted by Gasteiger charge is 2.24. The second-order valence-corrected chi connectivity index (χ2v) is 5.54. The van der Waals surface area contributed by atoms with Crippen LogP contribution in [0.4, 0.5) is 0 Å². The molecular weight excluding hydrogens is 196 g/mol. The fourth-order valence-corrected chi connectivity index (χ4v) is 2.72. The summed E-state index contributed by atoms with van der Waals surface area (Å²) in [5.74, 6) is 0.862. The van der Waals surface area contributed by atoms with Gasteiger partial charge >= 0.3 is 0 Å². The largest absolute Gasteiger partial charge is 0.328 e. The zero-order valence-electron chi connectivity index (χ0n) is 11.4. The van der Waals surface area contributed by atoms with E-state index in [0.29, 0.717) is 6.04 Å². The van der Waals surface area contributed by atoms with Gasteiger partial charge in [-0.2, -0.15) is 0 Å². The van der Waals surface area contributed by atoms with E-state index in [1.807, 2.05) is 0 Å². The molecule has 0 aromatic heterocycles. The van der Waals surface area contributed by atoms with Crippen LogP contribution in [-0.2, 0) is 0 Å². The zero-order valence-corrected chi connectivity index (χ0v) is 11.4. The molecule has 3 unspecified atom stereocenters. The molecule has 0 aromatic carbocycles. The van der Waals surface area contributed by atoms with Gasteiger partial charge in [0.15, 0.2) is 0 Å². The van der Waals surface area contributed by atoms with Crippen LogP contribution in [0.15, 0.2) is 0 Å². The fourth-order valence-electron chi connectivity index (χ4n) is 2.72. The predicted octanol–water partition coefficient (Wildman–Crippen LogP) is 3.01. The van der Waals surface area contributed by atoms with Gasteiger partial charge < -0.3 is 10.6 Å². The van der Waals surface area contributed by atoms with Crippen molar-refractivity contribution in [2.75, 3.05) is 13.1 Å². The van der Waals surface area contributed by atoms with Gasteiger partial charge in [-0.1, -0.05) is 20.3 Å². The molecule has 1 aliphatic carbocycles. The van der Waals surface area contributed by atoms with Crippen LogP contribution in [0.1, 0.15) is 59.3 Å². The lowest BCUT2D eigenvalue weighted by Gasteiger charge is -2.30. The van der Waals surface area contributed by atoms with E-state index in [0.717, 1.165) is 12.0 Å². The van der Waals surface area contributed by atoms with Crippen molar-refractivity contribution in [1.29, 1.82) is 0 Å². The lowest BCUT2D eigenvalue weighted by molar-refractivity contribution is 0.170. The van der Waals surface area contributed by atoms with E-state index in [4.69, 9.17) is 5.73 Å². The third kappa shape index (κ3) is 4.42. The molecule has 0 radical (unpaired) electrons. The molecule has 16 heavy (non-hydrogen) atoms. The average Bonchev–Trinajstić information content (AvgIpc) is 2.69. The standard InChI is InChI=1S/C14H30N2/c1-4-6-9-16(12(3)5-2)11-13-7-8-14(15)10-13/h12-14H,4-11,15H2,1-3H3. The molecule has 0 spiro atoms. The zero-order chi connectivity index (χ0) is 12.0. The molecule has 0 heterocycles. The van der Waals surface area contributed by atoms with Crippen LogP contribution in [0.3, 0.4) is 0 Å².